The molecule has 350 valence electrons. The number of carbonyl (C=O) groups is 3. The number of hydrogen-bond acceptors (Lipinski definition) is 12. The van der Waals surface area contributed by atoms with Gasteiger partial charge in [-0.3, -0.25) is 9.78 Å². The first-order valence-electron chi connectivity index (χ1n) is 21.8. The third kappa shape index (κ3) is 15.1. The quantitative estimate of drug-likeness (QED) is 0.0887. The molecule has 0 fully saturated rings. The zero-order valence-corrected chi connectivity index (χ0v) is 39.9. The summed E-state index contributed by atoms with van der Waals surface area (Å²) in [6.07, 6.45) is 4.86. The van der Waals surface area contributed by atoms with Crippen molar-refractivity contribution in [2.45, 2.75) is 0 Å². The Morgan fingerprint density at radius 2 is 0.743 bits per heavy atom. The molecule has 9 aromatic rings. The van der Waals surface area contributed by atoms with E-state index in [2.05, 4.69) is 50.7 Å². The van der Waals surface area contributed by atoms with Crippen LogP contribution in [0.1, 0.15) is 31.5 Å². The van der Waals surface area contributed by atoms with E-state index in [1.54, 1.807) is 42.9 Å². The topological polar surface area (TPSA) is 147 Å². The van der Waals surface area contributed by atoms with Crippen molar-refractivity contribution in [3.8, 4) is 0 Å². The number of nitrogens with zero attached hydrogens (tertiary/aromatic N) is 5. The molecule has 12 nitrogen and oxygen atoms in total. The maximum absolute atomic E-state index is 11.5. The highest BCUT2D eigenvalue weighted by Crippen LogP contribution is 2.35. The Balaban J connectivity index is 0.000000160. The summed E-state index contributed by atoms with van der Waals surface area (Å²) in [7, 11) is 2.67. The van der Waals surface area contributed by atoms with Crippen LogP contribution in [-0.2, 0) is 9.47 Å². The van der Waals surface area contributed by atoms with Crippen LogP contribution >= 0.6 is 15.9 Å². The second-order valence-corrected chi connectivity index (χ2v) is 15.5. The Morgan fingerprint density at radius 1 is 0.429 bits per heavy atom. The number of para-hydroxylation sites is 6. The van der Waals surface area contributed by atoms with Gasteiger partial charge in [-0.1, -0.05) is 109 Å². The minimum atomic E-state index is -0.534. The highest BCUT2D eigenvalue weighted by atomic mass is 79.9. The third-order valence-corrected chi connectivity index (χ3v) is 10.3. The average Bonchev–Trinajstić information content (AvgIpc) is 3.43. The number of rotatable bonds is 12. The van der Waals surface area contributed by atoms with Gasteiger partial charge in [0.25, 0.3) is 0 Å². The van der Waals surface area contributed by atoms with Crippen molar-refractivity contribution in [3.05, 3.63) is 259 Å². The Morgan fingerprint density at radius 3 is 1.03 bits per heavy atom. The largest absolute Gasteiger partial charge is 0.464 e. The predicted molar refractivity (Wildman–Crippen MR) is 280 cm³/mol. The number of aliphatic hydroxyl groups excluding tert-OH is 1. The van der Waals surface area contributed by atoms with E-state index in [0.29, 0.717) is 5.69 Å². The monoisotopic (exact) mass is 992 g/mol. The van der Waals surface area contributed by atoms with Crippen molar-refractivity contribution in [2.75, 3.05) is 35.9 Å². The Labute approximate surface area is 415 Å². The van der Waals surface area contributed by atoms with Gasteiger partial charge in [0.15, 0.2) is 0 Å². The number of ether oxygens (including phenoxy) is 2. The van der Waals surface area contributed by atoms with Crippen LogP contribution in [0.5, 0.6) is 0 Å². The number of Topliss-reactive ketones (excluding diaryl/α,β-unsaturated/α-hetero) is 1. The molecule has 3 aromatic heterocycles. The van der Waals surface area contributed by atoms with E-state index in [9.17, 15) is 14.4 Å². The number of esters is 2. The molecular weight excluding hydrogens is 945 g/mol. The maximum atomic E-state index is 11.5. The Kier molecular flexibility index (Phi) is 19.6. The van der Waals surface area contributed by atoms with Gasteiger partial charge >= 0.3 is 11.9 Å². The lowest BCUT2D eigenvalue weighted by Gasteiger charge is -2.25. The molecule has 0 aliphatic heterocycles. The lowest BCUT2D eigenvalue weighted by atomic mass is 10.2. The molecule has 9 rings (SSSR count). The molecule has 0 radical (unpaired) electrons. The van der Waals surface area contributed by atoms with E-state index >= 15 is 0 Å². The SMILES string of the molecule is COC(=O)c1ccc(Br)cn1.COC(=O)c1ccc(N(c2ccccc2)c2ccccc2)cn1.O=C(CO)c1ccc(N(c2ccccc2)c2ccccc2)cn1.c1ccc(Nc2ccccc2)cc1. The molecule has 2 N–H and O–H groups in total. The summed E-state index contributed by atoms with van der Waals surface area (Å²) in [4.78, 5) is 50.2. The van der Waals surface area contributed by atoms with Crippen molar-refractivity contribution in [1.82, 2.24) is 15.0 Å². The van der Waals surface area contributed by atoms with Gasteiger partial charge in [0.1, 0.15) is 23.7 Å². The van der Waals surface area contributed by atoms with Gasteiger partial charge in [-0.25, -0.2) is 19.6 Å². The van der Waals surface area contributed by atoms with Gasteiger partial charge in [-0.05, 0) is 125 Å². The third-order valence-electron chi connectivity index (χ3n) is 9.85. The lowest BCUT2D eigenvalue weighted by molar-refractivity contribution is 0.0585. The summed E-state index contributed by atoms with van der Waals surface area (Å²) < 4.78 is 9.99. The summed E-state index contributed by atoms with van der Waals surface area (Å²) in [5.74, 6) is -1.25. The van der Waals surface area contributed by atoms with Gasteiger partial charge in [0, 0.05) is 44.8 Å². The van der Waals surface area contributed by atoms with Gasteiger partial charge in [0.2, 0.25) is 5.78 Å². The highest BCUT2D eigenvalue weighted by molar-refractivity contribution is 9.10. The predicted octanol–water partition coefficient (Wildman–Crippen LogP) is 13.1. The average molecular weight is 994 g/mol. The van der Waals surface area contributed by atoms with E-state index in [0.717, 1.165) is 50.0 Å². The molecule has 0 aliphatic carbocycles. The van der Waals surface area contributed by atoms with Crippen LogP contribution in [0.2, 0.25) is 0 Å². The number of aliphatic hydroxyl groups is 1. The highest BCUT2D eigenvalue weighted by Gasteiger charge is 2.15. The first-order chi connectivity index (χ1) is 34.3. The minimum Gasteiger partial charge on any atom is -0.464 e. The second kappa shape index (κ2) is 27.1. The first kappa shape index (κ1) is 50.6. The van der Waals surface area contributed by atoms with Crippen LogP contribution in [-0.4, -0.2) is 58.6 Å². The van der Waals surface area contributed by atoms with Gasteiger partial charge in [0.05, 0.1) is 38.0 Å². The first-order valence-corrected chi connectivity index (χ1v) is 22.6. The molecule has 0 aliphatic rings. The fourth-order valence-corrected chi connectivity index (χ4v) is 6.76. The number of methoxy groups -OCH3 is 2. The van der Waals surface area contributed by atoms with Gasteiger partial charge < -0.3 is 29.7 Å². The van der Waals surface area contributed by atoms with Gasteiger partial charge in [-0.15, -0.1) is 0 Å². The van der Waals surface area contributed by atoms with E-state index in [-0.39, 0.29) is 17.2 Å². The van der Waals surface area contributed by atoms with Crippen molar-refractivity contribution in [2.24, 2.45) is 0 Å². The number of pyridine rings is 3. The molecule has 0 unspecified atom stereocenters. The summed E-state index contributed by atoms with van der Waals surface area (Å²) in [6, 6.07) is 70.5. The van der Waals surface area contributed by atoms with Crippen LogP contribution in [0, 0.1) is 0 Å². The number of anilines is 8. The van der Waals surface area contributed by atoms with Crippen molar-refractivity contribution >= 4 is 79.2 Å². The van der Waals surface area contributed by atoms with E-state index in [1.807, 2.05) is 194 Å². The molecule has 0 spiro atoms. The molecule has 3 heterocycles. The summed E-state index contributed by atoms with van der Waals surface area (Å²) in [5.41, 5.74) is 8.86. The van der Waals surface area contributed by atoms with Crippen LogP contribution in [0.4, 0.5) is 45.5 Å². The van der Waals surface area contributed by atoms with Crippen LogP contribution < -0.4 is 15.1 Å². The number of nitrogens with one attached hydrogen (secondary N) is 1. The fourth-order valence-electron chi connectivity index (χ4n) is 6.52. The lowest BCUT2D eigenvalue weighted by Crippen LogP contribution is -2.12. The van der Waals surface area contributed by atoms with Crippen molar-refractivity contribution in [3.63, 3.8) is 0 Å². The van der Waals surface area contributed by atoms with Crippen molar-refractivity contribution in [1.29, 1.82) is 0 Å². The number of benzene rings is 6. The molecule has 6 aromatic carbocycles. The van der Waals surface area contributed by atoms with Crippen LogP contribution in [0.3, 0.4) is 0 Å². The molecule has 70 heavy (non-hydrogen) atoms. The number of hydrogen-bond donors (Lipinski definition) is 2. The molecule has 0 saturated carbocycles. The van der Waals surface area contributed by atoms with E-state index in [1.165, 1.54) is 14.2 Å². The van der Waals surface area contributed by atoms with Crippen molar-refractivity contribution < 1.29 is 29.0 Å². The molecule has 0 amide bonds. The zero-order chi connectivity index (χ0) is 49.3. The smallest absolute Gasteiger partial charge is 0.356 e. The summed E-state index contributed by atoms with van der Waals surface area (Å²) in [6.45, 7) is -0.534. The van der Waals surface area contributed by atoms with Gasteiger partial charge in [-0.2, -0.15) is 0 Å². The van der Waals surface area contributed by atoms with Crippen LogP contribution in [0.25, 0.3) is 0 Å². The number of halogens is 1. The van der Waals surface area contributed by atoms with Crippen LogP contribution in [0.15, 0.2) is 241 Å². The number of aromatic nitrogens is 3. The molecule has 0 saturated heterocycles. The maximum Gasteiger partial charge on any atom is 0.356 e. The molecular formula is C57H49BrN6O6. The summed E-state index contributed by atoms with van der Waals surface area (Å²) in [5, 5.41) is 12.2. The standard InChI is InChI=1S/2C19H16N2O2.C12H11N.C7H6BrNO2/c1-23-19(22)18-13-12-17(14-20-18)21(15-8-4-2-5-9-15)16-10-6-3-7-11-16;22-14-19(23)18-12-11-17(13-20-18)21(15-7-3-1-4-8-15)16-9-5-2-6-10-16;1-3-7-11(8-4-1)13-12-9-5-2-6-10-12;1-11-7(10)6-3-2-5(8)4-9-6/h2-14H,1H3;1-13,22H,14H2;1-10,13H;2-4H,1H3. The van der Waals surface area contributed by atoms with E-state index < -0.39 is 18.5 Å². The fraction of sp³-hybridized carbons (Fsp3) is 0.0526. The Hall–Kier alpha value is -8.78. The molecule has 0 bridgehead atoms. The number of carbonyl (C=O) groups excluding carboxylic acids is 3. The number of ketones is 1. The minimum absolute atomic E-state index is 0.261. The van der Waals surface area contributed by atoms with E-state index in [4.69, 9.17) is 9.84 Å². The Bertz CT molecular complexity index is 2690. The summed E-state index contributed by atoms with van der Waals surface area (Å²) >= 11 is 3.20. The zero-order valence-electron chi connectivity index (χ0n) is 38.3. The second-order valence-electron chi connectivity index (χ2n) is 14.6. The molecule has 0 atom stereocenters. The normalized spacial score (nSPS) is 9.94. The molecule has 13 heteroatoms.